The van der Waals surface area contributed by atoms with E-state index in [4.69, 9.17) is 13.3 Å². The summed E-state index contributed by atoms with van der Waals surface area (Å²) in [4.78, 5) is 0. The van der Waals surface area contributed by atoms with Crippen molar-refractivity contribution < 1.29 is 13.3 Å². The molecule has 2 aliphatic rings. The van der Waals surface area contributed by atoms with Crippen LogP contribution >= 0.6 is 0 Å². The van der Waals surface area contributed by atoms with E-state index in [1.165, 1.54) is 29.6 Å². The van der Waals surface area contributed by atoms with E-state index in [9.17, 15) is 0 Å². The van der Waals surface area contributed by atoms with Crippen molar-refractivity contribution in [1.82, 2.24) is 0 Å². The van der Waals surface area contributed by atoms with Crippen LogP contribution in [0.1, 0.15) is 87.5 Å². The number of hydrogen-bond donors (Lipinski definition) is 0. The maximum absolute atomic E-state index is 6.49. The molecule has 1 aliphatic heterocycles. The lowest BCUT2D eigenvalue weighted by Crippen LogP contribution is -2.44. The highest BCUT2D eigenvalue weighted by atomic mass is 28.4. The van der Waals surface area contributed by atoms with Crippen molar-refractivity contribution in [3.63, 3.8) is 0 Å². The highest BCUT2D eigenvalue weighted by molar-refractivity contribution is 6.74. The summed E-state index contributed by atoms with van der Waals surface area (Å²) in [6, 6.07) is 0. The molecule has 0 radical (unpaired) electrons. The summed E-state index contributed by atoms with van der Waals surface area (Å²) in [6.45, 7) is 28.0. The minimum atomic E-state index is -2.11. The molecule has 2 rings (SSSR count). The van der Waals surface area contributed by atoms with Crippen molar-refractivity contribution in [1.29, 1.82) is 0 Å². The third-order valence-electron chi connectivity index (χ3n) is 8.27. The Morgan fingerprint density at radius 1 is 1.15 bits per heavy atom. The Kier molecular flexibility index (Phi) is 8.81. The van der Waals surface area contributed by atoms with E-state index in [-0.39, 0.29) is 16.1 Å². The van der Waals surface area contributed by atoms with E-state index < -0.39 is 16.9 Å². The SMILES string of the molecule is C/C(=C/C[C@@]1(C)CC[C@@H]2C1=CO[Si](C)(C)OC2(C)C)CC/C=C(\C)CO[Si](C)(C)C(C)(C)C. The lowest BCUT2D eigenvalue weighted by molar-refractivity contribution is 0.0381. The van der Waals surface area contributed by atoms with Gasteiger partial charge >= 0.3 is 8.56 Å². The molecule has 33 heavy (non-hydrogen) atoms. The van der Waals surface area contributed by atoms with Crippen molar-refractivity contribution in [2.45, 2.75) is 124 Å². The van der Waals surface area contributed by atoms with Gasteiger partial charge in [-0.25, -0.2) is 0 Å². The van der Waals surface area contributed by atoms with Crippen LogP contribution in [0.2, 0.25) is 31.2 Å². The lowest BCUT2D eigenvalue weighted by atomic mass is 9.76. The van der Waals surface area contributed by atoms with Crippen LogP contribution in [-0.4, -0.2) is 29.1 Å². The summed E-state index contributed by atoms with van der Waals surface area (Å²) in [6.07, 6.45) is 12.6. The normalized spacial score (nSPS) is 28.1. The Morgan fingerprint density at radius 3 is 2.39 bits per heavy atom. The molecular weight excluding hydrogens is 440 g/mol. The van der Waals surface area contributed by atoms with Gasteiger partial charge in [-0.3, -0.25) is 0 Å². The Bertz CT molecular complexity index is 783. The highest BCUT2D eigenvalue weighted by Gasteiger charge is 2.51. The summed E-state index contributed by atoms with van der Waals surface area (Å²) in [5.41, 5.74) is 4.32. The van der Waals surface area contributed by atoms with Crippen LogP contribution in [0.5, 0.6) is 0 Å². The van der Waals surface area contributed by atoms with Gasteiger partial charge in [0, 0.05) is 5.92 Å². The van der Waals surface area contributed by atoms with Gasteiger partial charge < -0.3 is 13.3 Å². The summed E-state index contributed by atoms with van der Waals surface area (Å²) in [7, 11) is -3.79. The second-order valence-electron chi connectivity index (χ2n) is 13.3. The van der Waals surface area contributed by atoms with Gasteiger partial charge in [0.25, 0.3) is 0 Å². The smallest absolute Gasteiger partial charge is 0.392 e. The van der Waals surface area contributed by atoms with Crippen LogP contribution in [0.15, 0.2) is 35.1 Å². The van der Waals surface area contributed by atoms with Crippen LogP contribution in [0.25, 0.3) is 0 Å². The maximum Gasteiger partial charge on any atom is 0.392 e. The molecule has 0 amide bonds. The predicted octanol–water partition coefficient (Wildman–Crippen LogP) is 8.90. The van der Waals surface area contributed by atoms with Gasteiger partial charge in [0.15, 0.2) is 8.32 Å². The lowest BCUT2D eigenvalue weighted by Gasteiger charge is -2.36. The fraction of sp³-hybridized carbons (Fsp3) is 0.786. The number of hydrogen-bond acceptors (Lipinski definition) is 3. The van der Waals surface area contributed by atoms with E-state index in [1.54, 1.807) is 0 Å². The molecule has 5 heteroatoms. The largest absolute Gasteiger partial charge is 0.527 e. The topological polar surface area (TPSA) is 27.7 Å². The van der Waals surface area contributed by atoms with Crippen molar-refractivity contribution >= 4 is 16.9 Å². The number of fused-ring (bicyclic) bond motifs is 1. The van der Waals surface area contributed by atoms with Crippen LogP contribution < -0.4 is 0 Å². The van der Waals surface area contributed by atoms with Crippen LogP contribution in [0.4, 0.5) is 0 Å². The minimum absolute atomic E-state index is 0.149. The Balaban J connectivity index is 1.94. The van der Waals surface area contributed by atoms with E-state index >= 15 is 0 Å². The van der Waals surface area contributed by atoms with Gasteiger partial charge in [-0.05, 0) is 102 Å². The first-order valence-electron chi connectivity index (χ1n) is 12.9. The number of rotatable bonds is 8. The molecule has 0 unspecified atom stereocenters. The molecule has 0 spiro atoms. The monoisotopic (exact) mass is 492 g/mol. The van der Waals surface area contributed by atoms with Crippen LogP contribution in [-0.2, 0) is 13.3 Å². The summed E-state index contributed by atoms with van der Waals surface area (Å²) in [5.74, 6) is 0.456. The standard InChI is InChI=1S/C28H52O3Si2/c1-22(14-13-15-23(2)20-29-32(9,10)26(3,4)5)16-18-28(8)19-17-24-25(28)21-30-33(11,12)31-27(24,6)7/h15-16,21,24H,13-14,17-20H2,1-12H3/b22-16-,23-15+/t24-,28+/m1/s1. The second-order valence-corrected chi connectivity index (χ2v) is 21.4. The molecule has 0 saturated heterocycles. The second kappa shape index (κ2) is 10.2. The zero-order valence-corrected chi connectivity index (χ0v) is 25.8. The Labute approximate surface area is 207 Å². The molecule has 1 saturated carbocycles. The Morgan fingerprint density at radius 2 is 1.79 bits per heavy atom. The average molecular weight is 493 g/mol. The molecule has 190 valence electrons. The van der Waals surface area contributed by atoms with Gasteiger partial charge in [0.2, 0.25) is 0 Å². The molecule has 3 nitrogen and oxygen atoms in total. The molecule has 1 aliphatic carbocycles. The van der Waals surface area contributed by atoms with E-state index in [2.05, 4.69) is 100.0 Å². The van der Waals surface area contributed by atoms with Gasteiger partial charge in [0.05, 0.1) is 18.5 Å². The molecule has 1 heterocycles. The Hall–Kier alpha value is -0.626. The third kappa shape index (κ3) is 7.43. The predicted molar refractivity (Wildman–Crippen MR) is 147 cm³/mol. The van der Waals surface area contributed by atoms with Crippen LogP contribution in [0, 0.1) is 11.3 Å². The van der Waals surface area contributed by atoms with Gasteiger partial charge in [-0.15, -0.1) is 0 Å². The first-order valence-corrected chi connectivity index (χ1v) is 18.6. The molecule has 1 fully saturated rings. The number of allylic oxidation sites excluding steroid dienone is 3. The zero-order chi connectivity index (χ0) is 25.3. The summed E-state index contributed by atoms with van der Waals surface area (Å²) >= 11 is 0. The van der Waals surface area contributed by atoms with Gasteiger partial charge in [0.1, 0.15) is 0 Å². The first-order chi connectivity index (χ1) is 14.9. The van der Waals surface area contributed by atoms with E-state index in [0.29, 0.717) is 5.92 Å². The van der Waals surface area contributed by atoms with Crippen molar-refractivity contribution in [2.24, 2.45) is 11.3 Å². The molecule has 0 aromatic heterocycles. The summed E-state index contributed by atoms with van der Waals surface area (Å²) in [5, 5.41) is 0.263. The molecular formula is C28H52O3Si2. The first kappa shape index (κ1) is 28.6. The molecule has 0 aromatic rings. The molecule has 0 aromatic carbocycles. The summed E-state index contributed by atoms with van der Waals surface area (Å²) < 4.78 is 19.1. The maximum atomic E-state index is 6.49. The highest BCUT2D eigenvalue weighted by Crippen LogP contribution is 2.55. The third-order valence-corrected chi connectivity index (χ3v) is 14.5. The van der Waals surface area contributed by atoms with E-state index in [0.717, 1.165) is 25.9 Å². The van der Waals surface area contributed by atoms with Gasteiger partial charge in [-0.1, -0.05) is 51.0 Å². The molecule has 0 bridgehead atoms. The molecule has 2 atom stereocenters. The van der Waals surface area contributed by atoms with Crippen LogP contribution in [0.3, 0.4) is 0 Å². The van der Waals surface area contributed by atoms with Gasteiger partial charge in [-0.2, -0.15) is 0 Å². The van der Waals surface area contributed by atoms with Crippen molar-refractivity contribution in [2.75, 3.05) is 6.61 Å². The fourth-order valence-electron chi connectivity index (χ4n) is 4.90. The zero-order valence-electron chi connectivity index (χ0n) is 23.8. The molecule has 0 N–H and O–H groups in total. The fourth-order valence-corrected chi connectivity index (χ4v) is 7.79. The van der Waals surface area contributed by atoms with Crippen molar-refractivity contribution in [3.8, 4) is 0 Å². The quantitative estimate of drug-likeness (QED) is 0.250. The van der Waals surface area contributed by atoms with Crippen molar-refractivity contribution in [3.05, 3.63) is 35.1 Å². The average Bonchev–Trinajstić information content (AvgIpc) is 2.94. The minimum Gasteiger partial charge on any atom is -0.527 e. The van der Waals surface area contributed by atoms with E-state index in [1.807, 2.05) is 0 Å².